The minimum absolute atomic E-state index is 0.203. The first-order valence-corrected chi connectivity index (χ1v) is 32.3. The van der Waals surface area contributed by atoms with Gasteiger partial charge in [0.1, 0.15) is 34.5 Å². The lowest BCUT2D eigenvalue weighted by atomic mass is 9.96. The second kappa shape index (κ2) is 30.1. The molecule has 0 atom stereocenters. The summed E-state index contributed by atoms with van der Waals surface area (Å²) in [7, 11) is 0. The highest BCUT2D eigenvalue weighted by Gasteiger charge is 2.24. The van der Waals surface area contributed by atoms with E-state index < -0.39 is 0 Å². The van der Waals surface area contributed by atoms with Crippen molar-refractivity contribution in [2.24, 2.45) is 5.73 Å². The number of ether oxygens (including phenoxy) is 4. The molecule has 12 aromatic rings. The lowest BCUT2D eigenvalue weighted by molar-refractivity contribution is 0.120. The minimum Gasteiger partial charge on any atom is -0.508 e. The van der Waals surface area contributed by atoms with Crippen LogP contribution in [0.3, 0.4) is 0 Å². The zero-order chi connectivity index (χ0) is 64.7. The van der Waals surface area contributed by atoms with Gasteiger partial charge in [-0.25, -0.2) is 0 Å². The lowest BCUT2D eigenvalue weighted by Crippen LogP contribution is -2.24. The lowest BCUT2D eigenvalue weighted by Gasteiger charge is -2.26. The molecule has 4 aliphatic carbocycles. The van der Waals surface area contributed by atoms with E-state index in [0.717, 1.165) is 124 Å². The molecular weight excluding hydrogens is 1200 g/mol. The largest absolute Gasteiger partial charge is 0.508 e. The number of aromatic nitrogens is 8. The number of phenols is 2. The molecule has 0 bridgehead atoms. The Morgan fingerprint density at radius 3 is 0.832 bits per heavy atom. The zero-order valence-electron chi connectivity index (χ0n) is 52.3. The third-order valence-electron chi connectivity index (χ3n) is 16.6. The number of nitrogens with zero attached hydrogens (tertiary/aromatic N) is 8. The Balaban J connectivity index is 0.000000115. The van der Waals surface area contributed by atoms with Crippen LogP contribution in [0.15, 0.2) is 212 Å². The van der Waals surface area contributed by atoms with Crippen molar-refractivity contribution < 1.29 is 47.3 Å². The molecule has 95 heavy (non-hydrogen) atoms. The summed E-state index contributed by atoms with van der Waals surface area (Å²) in [6.45, 7) is 0.518. The fourth-order valence-corrected chi connectivity index (χ4v) is 10.8. The molecule has 20 heteroatoms. The third-order valence-corrected chi connectivity index (χ3v) is 16.6. The first kappa shape index (κ1) is 62.7. The van der Waals surface area contributed by atoms with Crippen LogP contribution in [0.2, 0.25) is 0 Å². The molecule has 0 radical (unpaired) electrons. The maximum atomic E-state index is 9.35. The summed E-state index contributed by atoms with van der Waals surface area (Å²) in [6, 6.07) is 59.7. The molecule has 0 amide bonds. The fraction of sp³-hybridized carbons (Fsp3) is 0.253. The second-order valence-electron chi connectivity index (χ2n) is 23.8. The highest BCUT2D eigenvalue weighted by molar-refractivity contribution is 5.65. The summed E-state index contributed by atoms with van der Waals surface area (Å²) >= 11 is 0. The van der Waals surface area contributed by atoms with E-state index in [2.05, 4.69) is 40.6 Å². The van der Waals surface area contributed by atoms with Crippen LogP contribution in [0.4, 0.5) is 5.69 Å². The van der Waals surface area contributed by atoms with E-state index in [1.807, 2.05) is 146 Å². The Kier molecular flexibility index (Phi) is 19.9. The highest BCUT2D eigenvalue weighted by atomic mass is 16.5. The van der Waals surface area contributed by atoms with Gasteiger partial charge in [-0.3, -0.25) is 0 Å². The smallest absolute Gasteiger partial charge is 0.258 e. The molecular formula is C75H72N10O10. The van der Waals surface area contributed by atoms with Gasteiger partial charge in [-0.1, -0.05) is 39.2 Å². The average Bonchev–Trinajstić information content (AvgIpc) is 1.89. The summed E-state index contributed by atoms with van der Waals surface area (Å²) < 4.78 is 44.9. The van der Waals surface area contributed by atoms with Gasteiger partial charge in [0.25, 0.3) is 23.6 Å². The molecule has 8 aromatic carbocycles. The number of hydrogen-bond acceptors (Lipinski definition) is 20. The van der Waals surface area contributed by atoms with Gasteiger partial charge in [-0.15, -0.1) is 0 Å². The Morgan fingerprint density at radius 1 is 0.305 bits per heavy atom. The summed E-state index contributed by atoms with van der Waals surface area (Å²) in [4.78, 5) is 17.7. The van der Waals surface area contributed by atoms with E-state index >= 15 is 0 Å². The van der Waals surface area contributed by atoms with Gasteiger partial charge in [0.15, 0.2) is 0 Å². The molecule has 0 unspecified atom stereocenters. The number of benzene rings is 8. The number of rotatable bonds is 17. The van der Waals surface area contributed by atoms with Gasteiger partial charge in [0.05, 0.1) is 24.4 Å². The van der Waals surface area contributed by atoms with Gasteiger partial charge in [0, 0.05) is 56.7 Å². The van der Waals surface area contributed by atoms with Crippen LogP contribution >= 0.6 is 0 Å². The zero-order valence-corrected chi connectivity index (χ0v) is 52.3. The molecule has 4 aromatic heterocycles. The van der Waals surface area contributed by atoms with Crippen LogP contribution < -0.4 is 30.4 Å². The van der Waals surface area contributed by atoms with Crippen LogP contribution in [0.5, 0.6) is 34.5 Å². The molecule has 0 saturated heterocycles. The quantitative estimate of drug-likeness (QED) is 0.0616. The SMILES string of the molecule is NCc1ccc(-c2nc(-c3ccc(OC4CCCC4)cc3)no2)cc1.Nc1ccc(-c2nc(-c3ccc(OC4CCC4)cc3)no2)cc1.Oc1ccc(-c2nc(-c3ccc(OC4CC4)cc3)no2)cc1.Oc1ccc(-c2nc(-c3ccc(OC4CCCCC4)cc3)no2)cc1. The van der Waals surface area contributed by atoms with Gasteiger partial charge < -0.3 is 58.7 Å². The van der Waals surface area contributed by atoms with E-state index in [1.54, 1.807) is 48.5 Å². The molecule has 4 saturated carbocycles. The molecule has 0 spiro atoms. The Hall–Kier alpha value is -11.1. The number of hydrogen-bond donors (Lipinski definition) is 4. The van der Waals surface area contributed by atoms with Crippen LogP contribution in [0.1, 0.15) is 95.5 Å². The van der Waals surface area contributed by atoms with Gasteiger partial charge in [0.2, 0.25) is 23.3 Å². The highest BCUT2D eigenvalue weighted by Crippen LogP contribution is 2.34. The molecule has 20 nitrogen and oxygen atoms in total. The maximum Gasteiger partial charge on any atom is 0.258 e. The number of phenolic OH excluding ortho intramolecular Hbond substituents is 2. The topological polar surface area (TPSA) is 285 Å². The Labute approximate surface area is 548 Å². The molecule has 482 valence electrons. The van der Waals surface area contributed by atoms with Gasteiger partial charge in [-0.2, -0.15) is 19.9 Å². The molecule has 4 heterocycles. The summed E-state index contributed by atoms with van der Waals surface area (Å²) in [5.74, 6) is 7.99. The molecule has 0 aliphatic heterocycles. The third kappa shape index (κ3) is 16.9. The van der Waals surface area contributed by atoms with Crippen molar-refractivity contribution in [2.75, 3.05) is 5.73 Å². The standard InChI is InChI=1S/C20H21N3O2.C20H20N2O3.C18H17N3O2.C17H14N2O3/c21-13-14-5-7-16(8-6-14)20-22-19(23-25-20)15-9-11-18(12-10-15)24-17-3-1-2-4-17;23-16-10-6-15(7-11-16)20-21-19(22-25-20)14-8-12-18(13-9-14)24-17-4-2-1-3-5-17;19-14-8-4-13(5-9-14)18-20-17(21-23-18)12-6-10-16(11-7-12)22-15-2-1-3-15;20-13-5-1-12(2-6-13)17-18-16(19-22-17)11-3-7-14(8-4-11)21-15-9-10-15/h5-12,17H,1-4,13,21H2;6-13,17,23H,1-5H2;4-11,15H,1-3,19H2;1-8,15,20H,9-10H2. The molecule has 4 fully saturated rings. The van der Waals surface area contributed by atoms with Crippen molar-refractivity contribution in [3.05, 3.63) is 200 Å². The second-order valence-corrected chi connectivity index (χ2v) is 23.8. The fourth-order valence-electron chi connectivity index (χ4n) is 10.8. The first-order valence-electron chi connectivity index (χ1n) is 32.3. The van der Waals surface area contributed by atoms with Crippen LogP contribution in [0, 0.1) is 0 Å². The summed E-state index contributed by atoms with van der Waals surface area (Å²) in [6.07, 6.45) is 18.3. The molecule has 16 rings (SSSR count). The molecule has 6 N–H and O–H groups in total. The van der Waals surface area contributed by atoms with E-state index in [-0.39, 0.29) is 11.5 Å². The van der Waals surface area contributed by atoms with Crippen LogP contribution in [0.25, 0.3) is 91.4 Å². The normalized spacial score (nSPS) is 14.6. The summed E-state index contributed by atoms with van der Waals surface area (Å²) in [5, 5.41) is 34.8. The number of nitrogen functional groups attached to an aromatic ring is 1. The monoisotopic (exact) mass is 1270 g/mol. The molecule has 4 aliphatic rings. The van der Waals surface area contributed by atoms with E-state index in [1.165, 1.54) is 38.5 Å². The number of aromatic hydroxyl groups is 2. The summed E-state index contributed by atoms with van der Waals surface area (Å²) in [5.41, 5.74) is 19.9. The van der Waals surface area contributed by atoms with E-state index in [0.29, 0.717) is 83.5 Å². The van der Waals surface area contributed by atoms with Gasteiger partial charge >= 0.3 is 0 Å². The van der Waals surface area contributed by atoms with Crippen molar-refractivity contribution in [3.63, 3.8) is 0 Å². The number of anilines is 1. The maximum absolute atomic E-state index is 9.35. The Bertz CT molecular complexity index is 4330. The predicted molar refractivity (Wildman–Crippen MR) is 359 cm³/mol. The van der Waals surface area contributed by atoms with E-state index in [4.69, 9.17) is 48.5 Å². The first-order chi connectivity index (χ1) is 46.6. The van der Waals surface area contributed by atoms with Crippen LogP contribution in [-0.4, -0.2) is 75.2 Å². The van der Waals surface area contributed by atoms with Crippen molar-refractivity contribution in [2.45, 2.75) is 121 Å². The Morgan fingerprint density at radius 2 is 0.558 bits per heavy atom. The average molecular weight is 1270 g/mol. The van der Waals surface area contributed by atoms with Crippen molar-refractivity contribution >= 4 is 5.69 Å². The predicted octanol–water partition coefficient (Wildman–Crippen LogP) is 16.6. The van der Waals surface area contributed by atoms with Gasteiger partial charge in [-0.05, 0) is 271 Å². The van der Waals surface area contributed by atoms with Crippen molar-refractivity contribution in [3.8, 4) is 126 Å². The minimum atomic E-state index is 0.203. The van der Waals surface area contributed by atoms with Crippen molar-refractivity contribution in [1.82, 2.24) is 40.6 Å². The van der Waals surface area contributed by atoms with E-state index in [9.17, 15) is 10.2 Å². The van der Waals surface area contributed by atoms with Crippen LogP contribution in [-0.2, 0) is 6.54 Å². The number of nitrogens with two attached hydrogens (primary N) is 2. The van der Waals surface area contributed by atoms with Crippen molar-refractivity contribution in [1.29, 1.82) is 0 Å².